The summed E-state index contributed by atoms with van der Waals surface area (Å²) >= 11 is 2.19. The molecular formula is C16H14INO2. The molecule has 2 aromatic carbocycles. The molecule has 0 spiro atoms. The maximum atomic E-state index is 12.5. The number of hydrogen-bond donors (Lipinski definition) is 0. The fourth-order valence-electron chi connectivity index (χ4n) is 2.46. The molecule has 0 fully saturated rings. The first-order valence-corrected chi connectivity index (χ1v) is 7.46. The smallest absolute Gasteiger partial charge is 0.254 e. The van der Waals surface area contributed by atoms with Crippen LogP contribution in [0, 0.1) is 3.57 Å². The van der Waals surface area contributed by atoms with Crippen molar-refractivity contribution in [3.63, 3.8) is 0 Å². The Bertz CT molecular complexity index is 644. The van der Waals surface area contributed by atoms with E-state index < -0.39 is 0 Å². The van der Waals surface area contributed by atoms with Crippen molar-refractivity contribution in [2.24, 2.45) is 0 Å². The summed E-state index contributed by atoms with van der Waals surface area (Å²) in [6.07, 6.45) is 0. The van der Waals surface area contributed by atoms with Gasteiger partial charge in [0.15, 0.2) is 0 Å². The highest BCUT2D eigenvalue weighted by Crippen LogP contribution is 2.26. The first kappa shape index (κ1) is 13.4. The SMILES string of the molecule is COc1ccc(C(=O)N2Cc3ccccc3C2)cc1I. The number of nitrogens with zero attached hydrogens (tertiary/aromatic N) is 1. The molecule has 1 aliphatic rings. The van der Waals surface area contributed by atoms with E-state index in [0.717, 1.165) is 9.32 Å². The van der Waals surface area contributed by atoms with Crippen molar-refractivity contribution < 1.29 is 9.53 Å². The Morgan fingerprint density at radius 1 is 1.15 bits per heavy atom. The Hall–Kier alpha value is -1.56. The van der Waals surface area contributed by atoms with Gasteiger partial charge in [-0.2, -0.15) is 0 Å². The van der Waals surface area contributed by atoms with Gasteiger partial charge in [-0.25, -0.2) is 0 Å². The normalized spacial score (nSPS) is 13.2. The standard InChI is InChI=1S/C16H14INO2/c1-20-15-7-6-11(8-14(15)17)16(19)18-9-12-4-2-3-5-13(12)10-18/h2-8H,9-10H2,1H3. The topological polar surface area (TPSA) is 29.5 Å². The molecule has 0 radical (unpaired) electrons. The molecular weight excluding hydrogens is 365 g/mol. The highest BCUT2D eigenvalue weighted by Gasteiger charge is 2.24. The molecule has 0 unspecified atom stereocenters. The summed E-state index contributed by atoms with van der Waals surface area (Å²) < 4.78 is 6.17. The van der Waals surface area contributed by atoms with Crippen LogP contribution in [0.3, 0.4) is 0 Å². The van der Waals surface area contributed by atoms with Crippen molar-refractivity contribution in [3.05, 3.63) is 62.7 Å². The van der Waals surface area contributed by atoms with Gasteiger partial charge in [0, 0.05) is 18.7 Å². The van der Waals surface area contributed by atoms with Gasteiger partial charge in [0.05, 0.1) is 10.7 Å². The number of halogens is 1. The molecule has 0 bridgehead atoms. The van der Waals surface area contributed by atoms with Crippen LogP contribution >= 0.6 is 22.6 Å². The minimum atomic E-state index is 0.0711. The van der Waals surface area contributed by atoms with E-state index in [-0.39, 0.29) is 5.91 Å². The lowest BCUT2D eigenvalue weighted by molar-refractivity contribution is 0.0751. The third-order valence-corrected chi connectivity index (χ3v) is 4.37. The van der Waals surface area contributed by atoms with Crippen molar-refractivity contribution in [3.8, 4) is 5.75 Å². The summed E-state index contributed by atoms with van der Waals surface area (Å²) in [7, 11) is 1.64. The number of carbonyl (C=O) groups excluding carboxylic acids is 1. The van der Waals surface area contributed by atoms with Gasteiger partial charge in [-0.05, 0) is 51.9 Å². The number of carbonyl (C=O) groups is 1. The second kappa shape index (κ2) is 5.44. The molecule has 4 heteroatoms. The Morgan fingerprint density at radius 2 is 1.80 bits per heavy atom. The van der Waals surface area contributed by atoms with Crippen molar-refractivity contribution in [1.29, 1.82) is 0 Å². The van der Waals surface area contributed by atoms with Crippen molar-refractivity contribution >= 4 is 28.5 Å². The number of benzene rings is 2. The van der Waals surface area contributed by atoms with Crippen LogP contribution in [-0.2, 0) is 13.1 Å². The van der Waals surface area contributed by atoms with Gasteiger partial charge in [-0.1, -0.05) is 24.3 Å². The fourth-order valence-corrected chi connectivity index (χ4v) is 3.19. The Labute approximate surface area is 131 Å². The predicted molar refractivity (Wildman–Crippen MR) is 85.7 cm³/mol. The first-order valence-electron chi connectivity index (χ1n) is 6.38. The highest BCUT2D eigenvalue weighted by atomic mass is 127. The van der Waals surface area contributed by atoms with Crippen LogP contribution in [0.25, 0.3) is 0 Å². The molecule has 0 aliphatic carbocycles. The molecule has 3 nitrogen and oxygen atoms in total. The second-order valence-corrected chi connectivity index (χ2v) is 5.94. The Morgan fingerprint density at radius 3 is 2.35 bits per heavy atom. The maximum absolute atomic E-state index is 12.5. The molecule has 102 valence electrons. The number of rotatable bonds is 2. The Balaban J connectivity index is 1.83. The van der Waals surface area contributed by atoms with Gasteiger partial charge in [0.2, 0.25) is 0 Å². The third kappa shape index (κ3) is 2.40. The molecule has 3 rings (SSSR count). The van der Waals surface area contributed by atoms with Crippen molar-refractivity contribution in [2.75, 3.05) is 7.11 Å². The Kier molecular flexibility index (Phi) is 3.65. The number of ether oxygens (including phenoxy) is 1. The molecule has 20 heavy (non-hydrogen) atoms. The van der Waals surface area contributed by atoms with Crippen LogP contribution < -0.4 is 4.74 Å². The zero-order chi connectivity index (χ0) is 14.1. The molecule has 1 amide bonds. The lowest BCUT2D eigenvalue weighted by Crippen LogP contribution is -2.25. The molecule has 1 heterocycles. The van der Waals surface area contributed by atoms with Crippen molar-refractivity contribution in [2.45, 2.75) is 13.1 Å². The quantitative estimate of drug-likeness (QED) is 0.749. The summed E-state index contributed by atoms with van der Waals surface area (Å²) in [6.45, 7) is 1.38. The lowest BCUT2D eigenvalue weighted by atomic mass is 10.1. The largest absolute Gasteiger partial charge is 0.496 e. The summed E-state index contributed by atoms with van der Waals surface area (Å²) in [5, 5.41) is 0. The number of methoxy groups -OCH3 is 1. The van der Waals surface area contributed by atoms with Crippen LogP contribution in [0.5, 0.6) is 5.75 Å². The van der Waals surface area contributed by atoms with E-state index in [2.05, 4.69) is 34.7 Å². The number of hydrogen-bond acceptors (Lipinski definition) is 2. The maximum Gasteiger partial charge on any atom is 0.254 e. The van der Waals surface area contributed by atoms with Gasteiger partial charge in [0.1, 0.15) is 5.75 Å². The van der Waals surface area contributed by atoms with Gasteiger partial charge in [-0.3, -0.25) is 4.79 Å². The van der Waals surface area contributed by atoms with E-state index in [1.165, 1.54) is 11.1 Å². The predicted octanol–water partition coefficient (Wildman–Crippen LogP) is 3.46. The van der Waals surface area contributed by atoms with Crippen LogP contribution in [0.15, 0.2) is 42.5 Å². The van der Waals surface area contributed by atoms with Crippen LogP contribution in [-0.4, -0.2) is 17.9 Å². The van der Waals surface area contributed by atoms with E-state index in [0.29, 0.717) is 18.7 Å². The average Bonchev–Trinajstić information content (AvgIpc) is 2.90. The second-order valence-electron chi connectivity index (χ2n) is 4.78. The zero-order valence-electron chi connectivity index (χ0n) is 11.1. The van der Waals surface area contributed by atoms with Gasteiger partial charge < -0.3 is 9.64 Å². The molecule has 2 aromatic rings. The van der Waals surface area contributed by atoms with Crippen molar-refractivity contribution in [1.82, 2.24) is 4.90 Å². The van der Waals surface area contributed by atoms with Gasteiger partial charge in [0.25, 0.3) is 5.91 Å². The monoisotopic (exact) mass is 379 g/mol. The average molecular weight is 379 g/mol. The van der Waals surface area contributed by atoms with Crippen LogP contribution in [0.4, 0.5) is 0 Å². The van der Waals surface area contributed by atoms with Crippen LogP contribution in [0.2, 0.25) is 0 Å². The van der Waals surface area contributed by atoms with E-state index in [1.807, 2.05) is 35.2 Å². The molecule has 0 atom stereocenters. The number of amides is 1. The number of fused-ring (bicyclic) bond motifs is 1. The lowest BCUT2D eigenvalue weighted by Gasteiger charge is -2.16. The van der Waals surface area contributed by atoms with E-state index in [9.17, 15) is 4.79 Å². The van der Waals surface area contributed by atoms with Gasteiger partial charge >= 0.3 is 0 Å². The third-order valence-electron chi connectivity index (χ3n) is 3.53. The molecule has 0 saturated heterocycles. The highest BCUT2D eigenvalue weighted by molar-refractivity contribution is 14.1. The van der Waals surface area contributed by atoms with Crippen LogP contribution in [0.1, 0.15) is 21.5 Å². The fraction of sp³-hybridized carbons (Fsp3) is 0.188. The van der Waals surface area contributed by atoms with E-state index in [4.69, 9.17) is 4.74 Å². The van der Waals surface area contributed by atoms with Gasteiger partial charge in [-0.15, -0.1) is 0 Å². The summed E-state index contributed by atoms with van der Waals surface area (Å²) in [6, 6.07) is 13.8. The zero-order valence-corrected chi connectivity index (χ0v) is 13.3. The molecule has 0 N–H and O–H groups in total. The van der Waals surface area contributed by atoms with E-state index in [1.54, 1.807) is 7.11 Å². The summed E-state index contributed by atoms with van der Waals surface area (Å²) in [5.74, 6) is 0.869. The summed E-state index contributed by atoms with van der Waals surface area (Å²) in [5.41, 5.74) is 3.19. The first-order chi connectivity index (χ1) is 9.69. The molecule has 0 aromatic heterocycles. The molecule has 1 aliphatic heterocycles. The van der Waals surface area contributed by atoms with E-state index >= 15 is 0 Å². The minimum absolute atomic E-state index is 0.0711. The summed E-state index contributed by atoms with van der Waals surface area (Å²) in [4.78, 5) is 14.4. The minimum Gasteiger partial charge on any atom is -0.496 e. The molecule has 0 saturated carbocycles.